The first-order valence-corrected chi connectivity index (χ1v) is 6.59. The number of carboxylic acid groups (broad SMARTS) is 1. The Balaban J connectivity index is 1.79. The minimum Gasteiger partial charge on any atom is -0.477 e. The van der Waals surface area contributed by atoms with Gasteiger partial charge in [-0.3, -0.25) is 0 Å². The summed E-state index contributed by atoms with van der Waals surface area (Å²) in [7, 11) is 0. The molecule has 2 amide bonds. The van der Waals surface area contributed by atoms with E-state index < -0.39 is 5.97 Å². The van der Waals surface area contributed by atoms with Crippen molar-refractivity contribution in [2.24, 2.45) is 5.92 Å². The smallest absolute Gasteiger partial charge is 0.347 e. The fraction of sp³-hybridized carbons (Fsp3) is 0.545. The van der Waals surface area contributed by atoms with E-state index in [1.807, 2.05) is 0 Å². The number of rotatable bonds is 5. The Hall–Kier alpha value is -1.63. The van der Waals surface area contributed by atoms with Crippen molar-refractivity contribution < 1.29 is 14.7 Å². The SMILES string of the molecule is Cc1nc(CNC(=O)NCC2CC2)sc1C(=O)O. The minimum absolute atomic E-state index is 0.227. The van der Waals surface area contributed by atoms with Gasteiger partial charge in [0.05, 0.1) is 12.2 Å². The maximum Gasteiger partial charge on any atom is 0.347 e. The highest BCUT2D eigenvalue weighted by Gasteiger charge is 2.21. The number of aryl methyl sites for hydroxylation is 1. The first kappa shape index (κ1) is 12.8. The number of carbonyl (C=O) groups is 2. The number of amides is 2. The average Bonchev–Trinajstić information content (AvgIpc) is 3.06. The molecule has 0 saturated heterocycles. The van der Waals surface area contributed by atoms with E-state index in [2.05, 4.69) is 15.6 Å². The summed E-state index contributed by atoms with van der Waals surface area (Å²) in [6.07, 6.45) is 2.38. The highest BCUT2D eigenvalue weighted by atomic mass is 32.1. The van der Waals surface area contributed by atoms with E-state index in [0.717, 1.165) is 11.3 Å². The maximum atomic E-state index is 11.4. The zero-order chi connectivity index (χ0) is 13.1. The quantitative estimate of drug-likeness (QED) is 0.752. The normalized spacial score (nSPS) is 14.3. The molecule has 1 saturated carbocycles. The number of carboxylic acids is 1. The Bertz CT molecular complexity index is 468. The lowest BCUT2D eigenvalue weighted by atomic mass is 10.4. The van der Waals surface area contributed by atoms with Crippen molar-refractivity contribution in [1.29, 1.82) is 0 Å². The Morgan fingerprint density at radius 1 is 1.44 bits per heavy atom. The number of aromatic nitrogens is 1. The third kappa shape index (κ3) is 3.43. The highest BCUT2D eigenvalue weighted by Crippen LogP contribution is 2.27. The molecule has 6 nitrogen and oxygen atoms in total. The van der Waals surface area contributed by atoms with Crippen LogP contribution in [-0.4, -0.2) is 28.6 Å². The van der Waals surface area contributed by atoms with Gasteiger partial charge < -0.3 is 15.7 Å². The number of hydrogen-bond donors (Lipinski definition) is 3. The van der Waals surface area contributed by atoms with E-state index in [4.69, 9.17) is 5.11 Å². The molecule has 0 spiro atoms. The van der Waals surface area contributed by atoms with Crippen LogP contribution in [0.4, 0.5) is 4.79 Å². The molecule has 1 aliphatic rings. The Morgan fingerprint density at radius 3 is 2.72 bits per heavy atom. The van der Waals surface area contributed by atoms with Gasteiger partial charge in [0.15, 0.2) is 0 Å². The zero-order valence-corrected chi connectivity index (χ0v) is 10.8. The number of hydrogen-bond acceptors (Lipinski definition) is 4. The minimum atomic E-state index is -0.977. The summed E-state index contributed by atoms with van der Waals surface area (Å²) in [5.74, 6) is -0.342. The summed E-state index contributed by atoms with van der Waals surface area (Å²) in [5.41, 5.74) is 0.489. The van der Waals surface area contributed by atoms with Crippen molar-refractivity contribution in [2.45, 2.75) is 26.3 Å². The topological polar surface area (TPSA) is 91.3 Å². The molecule has 0 aliphatic heterocycles. The van der Waals surface area contributed by atoms with Crippen molar-refractivity contribution in [2.75, 3.05) is 6.54 Å². The van der Waals surface area contributed by atoms with Crippen LogP contribution in [0.25, 0.3) is 0 Å². The molecule has 0 radical (unpaired) electrons. The lowest BCUT2D eigenvalue weighted by Crippen LogP contribution is -2.36. The summed E-state index contributed by atoms with van der Waals surface area (Å²) < 4.78 is 0. The van der Waals surface area contributed by atoms with Crippen molar-refractivity contribution >= 4 is 23.3 Å². The van der Waals surface area contributed by atoms with Crippen LogP contribution in [0.1, 0.15) is 33.2 Å². The summed E-state index contributed by atoms with van der Waals surface area (Å²) >= 11 is 1.09. The lowest BCUT2D eigenvalue weighted by Gasteiger charge is -2.04. The highest BCUT2D eigenvalue weighted by molar-refractivity contribution is 7.13. The summed E-state index contributed by atoms with van der Waals surface area (Å²) in [5, 5.41) is 14.9. The van der Waals surface area contributed by atoms with Crippen LogP contribution in [0.5, 0.6) is 0 Å². The van der Waals surface area contributed by atoms with Gasteiger partial charge in [-0.05, 0) is 25.7 Å². The molecule has 1 fully saturated rings. The molecular formula is C11H15N3O3S. The summed E-state index contributed by atoms with van der Waals surface area (Å²) in [6.45, 7) is 2.62. The monoisotopic (exact) mass is 269 g/mol. The second kappa shape index (κ2) is 5.34. The third-order valence-corrected chi connectivity index (χ3v) is 3.83. The third-order valence-electron chi connectivity index (χ3n) is 2.68. The molecular weight excluding hydrogens is 254 g/mol. The standard InChI is InChI=1S/C11H15N3O3S/c1-6-9(10(15)16)18-8(14-6)5-13-11(17)12-4-7-2-3-7/h7H,2-5H2,1H3,(H,15,16)(H2,12,13,17). The average molecular weight is 269 g/mol. The van der Waals surface area contributed by atoms with Gasteiger partial charge in [-0.1, -0.05) is 0 Å². The second-order valence-electron chi connectivity index (χ2n) is 4.33. The maximum absolute atomic E-state index is 11.4. The molecule has 18 heavy (non-hydrogen) atoms. The zero-order valence-electron chi connectivity index (χ0n) is 10.0. The van der Waals surface area contributed by atoms with Crippen molar-refractivity contribution in [3.63, 3.8) is 0 Å². The van der Waals surface area contributed by atoms with Gasteiger partial charge in [0.1, 0.15) is 9.88 Å². The van der Waals surface area contributed by atoms with Crippen LogP contribution in [-0.2, 0) is 6.54 Å². The molecule has 0 atom stereocenters. The van der Waals surface area contributed by atoms with Crippen LogP contribution in [0.15, 0.2) is 0 Å². The van der Waals surface area contributed by atoms with Crippen LogP contribution in [0.2, 0.25) is 0 Å². The molecule has 1 aromatic heterocycles. The number of urea groups is 1. The van der Waals surface area contributed by atoms with Crippen molar-refractivity contribution in [1.82, 2.24) is 15.6 Å². The van der Waals surface area contributed by atoms with E-state index in [0.29, 0.717) is 23.2 Å². The molecule has 0 bridgehead atoms. The number of nitrogens with zero attached hydrogens (tertiary/aromatic N) is 1. The van der Waals surface area contributed by atoms with Crippen molar-refractivity contribution in [3.05, 3.63) is 15.6 Å². The first-order chi connectivity index (χ1) is 8.56. The Morgan fingerprint density at radius 2 is 2.17 bits per heavy atom. The first-order valence-electron chi connectivity index (χ1n) is 5.77. The Labute approximate surface area is 108 Å². The lowest BCUT2D eigenvalue weighted by molar-refractivity contribution is 0.0701. The number of thiazole rings is 1. The van der Waals surface area contributed by atoms with Gasteiger partial charge in [0.25, 0.3) is 0 Å². The molecule has 98 valence electrons. The fourth-order valence-corrected chi connectivity index (χ4v) is 2.35. The Kier molecular flexibility index (Phi) is 3.81. The number of aromatic carboxylic acids is 1. The molecule has 1 aliphatic carbocycles. The van der Waals surface area contributed by atoms with E-state index in [1.165, 1.54) is 12.8 Å². The summed E-state index contributed by atoms with van der Waals surface area (Å²) in [6, 6.07) is -0.230. The predicted octanol–water partition coefficient (Wildman–Crippen LogP) is 1.36. The van der Waals surface area contributed by atoms with Crippen LogP contribution in [0.3, 0.4) is 0 Å². The second-order valence-corrected chi connectivity index (χ2v) is 5.42. The van der Waals surface area contributed by atoms with Gasteiger partial charge in [0, 0.05) is 6.54 Å². The molecule has 7 heteroatoms. The van der Waals surface area contributed by atoms with Gasteiger partial charge in [0.2, 0.25) is 0 Å². The molecule has 2 rings (SSSR count). The van der Waals surface area contributed by atoms with Gasteiger partial charge in [-0.25, -0.2) is 14.6 Å². The van der Waals surface area contributed by atoms with Gasteiger partial charge >= 0.3 is 12.0 Å². The number of nitrogens with one attached hydrogen (secondary N) is 2. The van der Waals surface area contributed by atoms with Crippen LogP contribution >= 0.6 is 11.3 Å². The molecule has 3 N–H and O–H groups in total. The van der Waals surface area contributed by atoms with E-state index in [-0.39, 0.29) is 17.5 Å². The predicted molar refractivity (Wildman–Crippen MR) is 66.8 cm³/mol. The van der Waals surface area contributed by atoms with E-state index in [9.17, 15) is 9.59 Å². The van der Waals surface area contributed by atoms with Crippen LogP contribution in [0, 0.1) is 12.8 Å². The van der Waals surface area contributed by atoms with E-state index >= 15 is 0 Å². The van der Waals surface area contributed by atoms with Gasteiger partial charge in [-0.15, -0.1) is 11.3 Å². The molecule has 1 heterocycles. The molecule has 0 aromatic carbocycles. The number of carbonyl (C=O) groups excluding carboxylic acids is 1. The molecule has 1 aromatic rings. The van der Waals surface area contributed by atoms with E-state index in [1.54, 1.807) is 6.92 Å². The van der Waals surface area contributed by atoms with Crippen molar-refractivity contribution in [3.8, 4) is 0 Å². The fourth-order valence-electron chi connectivity index (χ4n) is 1.50. The molecule has 0 unspecified atom stereocenters. The largest absolute Gasteiger partial charge is 0.477 e. The summed E-state index contributed by atoms with van der Waals surface area (Å²) in [4.78, 5) is 26.6. The van der Waals surface area contributed by atoms with Crippen LogP contribution < -0.4 is 10.6 Å². The van der Waals surface area contributed by atoms with Gasteiger partial charge in [-0.2, -0.15) is 0 Å².